The summed E-state index contributed by atoms with van der Waals surface area (Å²) in [4.78, 5) is 5.56. The highest BCUT2D eigenvalue weighted by molar-refractivity contribution is 7.13. The molecule has 1 aromatic carbocycles. The van der Waals surface area contributed by atoms with Gasteiger partial charge in [-0.25, -0.2) is 4.98 Å². The summed E-state index contributed by atoms with van der Waals surface area (Å²) < 4.78 is 2.10. The normalized spacial score (nSPS) is 12.4. The van der Waals surface area contributed by atoms with Crippen LogP contribution < -0.4 is 0 Å². The molecule has 0 aliphatic carbocycles. The molecule has 3 nitrogen and oxygen atoms in total. The summed E-state index contributed by atoms with van der Waals surface area (Å²) in [6.45, 7) is 0.753. The summed E-state index contributed by atoms with van der Waals surface area (Å²) in [5, 5.41) is 12.3. The standard InChI is InChI=1S/C16H16N2OS/c19-14(13-5-2-1-3-6-13)8-10-18-11-9-17-16(18)15-7-4-12-20-15/h1-7,9,11-12,14,19H,8,10H2. The van der Waals surface area contributed by atoms with Crippen molar-refractivity contribution >= 4 is 11.3 Å². The summed E-state index contributed by atoms with van der Waals surface area (Å²) in [6, 6.07) is 13.9. The zero-order valence-electron chi connectivity index (χ0n) is 11.0. The first-order chi connectivity index (χ1) is 9.84. The predicted molar refractivity (Wildman–Crippen MR) is 81.6 cm³/mol. The molecule has 102 valence electrons. The maximum absolute atomic E-state index is 10.2. The first-order valence-corrected chi connectivity index (χ1v) is 7.50. The van der Waals surface area contributed by atoms with Gasteiger partial charge in [0.05, 0.1) is 11.0 Å². The Morgan fingerprint density at radius 1 is 1.15 bits per heavy atom. The molecule has 1 unspecified atom stereocenters. The zero-order valence-corrected chi connectivity index (χ0v) is 11.8. The molecule has 1 atom stereocenters. The molecule has 0 saturated heterocycles. The van der Waals surface area contributed by atoms with E-state index >= 15 is 0 Å². The van der Waals surface area contributed by atoms with Gasteiger partial charge in [-0.1, -0.05) is 36.4 Å². The van der Waals surface area contributed by atoms with Crippen molar-refractivity contribution in [3.05, 3.63) is 65.8 Å². The fraction of sp³-hybridized carbons (Fsp3) is 0.188. The largest absolute Gasteiger partial charge is 0.388 e. The van der Waals surface area contributed by atoms with Crippen LogP contribution in [0.4, 0.5) is 0 Å². The Balaban J connectivity index is 1.69. The van der Waals surface area contributed by atoms with E-state index in [9.17, 15) is 5.11 Å². The van der Waals surface area contributed by atoms with Crippen molar-refractivity contribution in [1.82, 2.24) is 9.55 Å². The maximum atomic E-state index is 10.2. The Labute approximate surface area is 122 Å². The number of imidazole rings is 1. The topological polar surface area (TPSA) is 38.0 Å². The fourth-order valence-corrected chi connectivity index (χ4v) is 2.96. The molecule has 0 bridgehead atoms. The van der Waals surface area contributed by atoms with Gasteiger partial charge >= 0.3 is 0 Å². The summed E-state index contributed by atoms with van der Waals surface area (Å²) in [7, 11) is 0. The quantitative estimate of drug-likeness (QED) is 0.775. The smallest absolute Gasteiger partial charge is 0.149 e. The van der Waals surface area contributed by atoms with E-state index in [4.69, 9.17) is 0 Å². The van der Waals surface area contributed by atoms with Gasteiger partial charge in [0, 0.05) is 18.9 Å². The number of aryl methyl sites for hydroxylation is 1. The first-order valence-electron chi connectivity index (χ1n) is 6.62. The molecule has 3 rings (SSSR count). The van der Waals surface area contributed by atoms with Crippen LogP contribution in [0, 0.1) is 0 Å². The second-order valence-corrected chi connectivity index (χ2v) is 5.58. The number of hydrogen-bond acceptors (Lipinski definition) is 3. The Morgan fingerprint density at radius 2 is 2.00 bits per heavy atom. The highest BCUT2D eigenvalue weighted by Gasteiger charge is 2.10. The van der Waals surface area contributed by atoms with Crippen LogP contribution >= 0.6 is 11.3 Å². The molecule has 3 aromatic rings. The highest BCUT2D eigenvalue weighted by atomic mass is 32.1. The van der Waals surface area contributed by atoms with Gasteiger partial charge in [-0.2, -0.15) is 0 Å². The molecule has 0 spiro atoms. The lowest BCUT2D eigenvalue weighted by atomic mass is 10.1. The third kappa shape index (κ3) is 2.81. The number of thiophene rings is 1. The molecule has 0 fully saturated rings. The van der Waals surface area contributed by atoms with Gasteiger partial charge in [-0.05, 0) is 23.4 Å². The van der Waals surface area contributed by atoms with Crippen molar-refractivity contribution in [2.24, 2.45) is 0 Å². The third-order valence-corrected chi connectivity index (χ3v) is 4.15. The molecule has 4 heteroatoms. The summed E-state index contributed by atoms with van der Waals surface area (Å²) in [5.41, 5.74) is 0.963. The van der Waals surface area contributed by atoms with Crippen molar-refractivity contribution in [3.63, 3.8) is 0 Å². The van der Waals surface area contributed by atoms with Gasteiger partial charge in [0.25, 0.3) is 0 Å². The van der Waals surface area contributed by atoms with Crippen molar-refractivity contribution < 1.29 is 5.11 Å². The number of aliphatic hydroxyl groups is 1. The van der Waals surface area contributed by atoms with E-state index in [-0.39, 0.29) is 0 Å². The Kier molecular flexibility index (Phi) is 3.95. The van der Waals surface area contributed by atoms with Crippen molar-refractivity contribution in [2.75, 3.05) is 0 Å². The first kappa shape index (κ1) is 13.1. The average Bonchev–Trinajstić information content (AvgIpc) is 3.16. The molecule has 0 aliphatic rings. The second kappa shape index (κ2) is 6.03. The van der Waals surface area contributed by atoms with Crippen LogP contribution in [0.3, 0.4) is 0 Å². The zero-order chi connectivity index (χ0) is 13.8. The predicted octanol–water partition coefficient (Wildman–Crippen LogP) is 3.74. The lowest BCUT2D eigenvalue weighted by Gasteiger charge is -2.12. The Bertz CT molecular complexity index is 646. The number of aromatic nitrogens is 2. The minimum atomic E-state index is -0.435. The van der Waals surface area contributed by atoms with E-state index in [0.717, 1.165) is 22.8 Å². The molecular weight excluding hydrogens is 268 g/mol. The number of benzene rings is 1. The Morgan fingerprint density at radius 3 is 2.75 bits per heavy atom. The van der Waals surface area contributed by atoms with E-state index in [0.29, 0.717) is 6.42 Å². The summed E-state index contributed by atoms with van der Waals surface area (Å²) >= 11 is 1.68. The SMILES string of the molecule is OC(CCn1ccnc1-c1cccs1)c1ccccc1. The molecular formula is C16H16N2OS. The van der Waals surface area contributed by atoms with Crippen LogP contribution in [0.25, 0.3) is 10.7 Å². The number of rotatable bonds is 5. The van der Waals surface area contributed by atoms with Crippen LogP contribution in [0.5, 0.6) is 0 Å². The maximum Gasteiger partial charge on any atom is 0.149 e. The van der Waals surface area contributed by atoms with Crippen molar-refractivity contribution in [2.45, 2.75) is 19.1 Å². The van der Waals surface area contributed by atoms with Crippen LogP contribution in [0.1, 0.15) is 18.1 Å². The van der Waals surface area contributed by atoms with Gasteiger partial charge in [-0.3, -0.25) is 0 Å². The molecule has 0 saturated carbocycles. The van der Waals surface area contributed by atoms with Crippen LogP contribution in [0.15, 0.2) is 60.2 Å². The van der Waals surface area contributed by atoms with E-state index in [2.05, 4.69) is 15.6 Å². The van der Waals surface area contributed by atoms with Crippen LogP contribution in [0.2, 0.25) is 0 Å². The van der Waals surface area contributed by atoms with Gasteiger partial charge in [-0.15, -0.1) is 11.3 Å². The lowest BCUT2D eigenvalue weighted by molar-refractivity contribution is 0.161. The van der Waals surface area contributed by atoms with E-state index in [1.165, 1.54) is 0 Å². The monoisotopic (exact) mass is 284 g/mol. The van der Waals surface area contributed by atoms with Gasteiger partial charge in [0.2, 0.25) is 0 Å². The number of aliphatic hydroxyl groups excluding tert-OH is 1. The minimum absolute atomic E-state index is 0.435. The molecule has 0 amide bonds. The number of hydrogen-bond donors (Lipinski definition) is 1. The van der Waals surface area contributed by atoms with Crippen molar-refractivity contribution in [1.29, 1.82) is 0 Å². The fourth-order valence-electron chi connectivity index (χ4n) is 2.22. The highest BCUT2D eigenvalue weighted by Crippen LogP contribution is 2.24. The molecule has 1 N–H and O–H groups in total. The van der Waals surface area contributed by atoms with Crippen LogP contribution in [-0.2, 0) is 6.54 Å². The molecule has 2 aromatic heterocycles. The van der Waals surface area contributed by atoms with E-state index < -0.39 is 6.10 Å². The Hall–Kier alpha value is -1.91. The summed E-state index contributed by atoms with van der Waals surface area (Å²) in [6.07, 6.45) is 4.02. The van der Waals surface area contributed by atoms with Crippen LogP contribution in [-0.4, -0.2) is 14.7 Å². The second-order valence-electron chi connectivity index (χ2n) is 4.64. The molecule has 0 radical (unpaired) electrons. The molecule has 2 heterocycles. The van der Waals surface area contributed by atoms with E-state index in [1.807, 2.05) is 54.2 Å². The molecule has 20 heavy (non-hydrogen) atoms. The van der Waals surface area contributed by atoms with Gasteiger partial charge in [0.15, 0.2) is 0 Å². The molecule has 0 aliphatic heterocycles. The summed E-state index contributed by atoms with van der Waals surface area (Å²) in [5.74, 6) is 0.972. The van der Waals surface area contributed by atoms with E-state index in [1.54, 1.807) is 11.3 Å². The number of nitrogens with zero attached hydrogens (tertiary/aromatic N) is 2. The third-order valence-electron chi connectivity index (χ3n) is 3.28. The minimum Gasteiger partial charge on any atom is -0.388 e. The van der Waals surface area contributed by atoms with Gasteiger partial charge in [0.1, 0.15) is 5.82 Å². The van der Waals surface area contributed by atoms with Gasteiger partial charge < -0.3 is 9.67 Å². The lowest BCUT2D eigenvalue weighted by Crippen LogP contribution is -2.05. The van der Waals surface area contributed by atoms with Crippen molar-refractivity contribution in [3.8, 4) is 10.7 Å². The average molecular weight is 284 g/mol.